The summed E-state index contributed by atoms with van der Waals surface area (Å²) in [4.78, 5) is 26.1. The van der Waals surface area contributed by atoms with Crippen LogP contribution in [0.2, 0.25) is 0 Å². The van der Waals surface area contributed by atoms with Crippen LogP contribution >= 0.6 is 0 Å². The lowest BCUT2D eigenvalue weighted by Crippen LogP contribution is -2.37. The smallest absolute Gasteiger partial charge is 0.270 e. The third-order valence-corrected chi connectivity index (χ3v) is 4.50. The van der Waals surface area contributed by atoms with Crippen LogP contribution in [0.5, 0.6) is 0 Å². The van der Waals surface area contributed by atoms with Gasteiger partial charge in [-0.3, -0.25) is 9.59 Å². The number of Topliss-reactive ketones (excluding diaryl/α,β-unsaturated/α-hetero) is 1. The van der Waals surface area contributed by atoms with Crippen LogP contribution in [-0.4, -0.2) is 38.9 Å². The molecule has 1 aromatic heterocycles. The van der Waals surface area contributed by atoms with E-state index in [0.717, 1.165) is 12.8 Å². The van der Waals surface area contributed by atoms with Crippen molar-refractivity contribution in [2.24, 2.45) is 7.05 Å². The summed E-state index contributed by atoms with van der Waals surface area (Å²) in [5, 5.41) is 10.4. The topological polar surface area (TPSA) is 62.5 Å². The molecular weight excluding hydrogens is 323 g/mol. The minimum atomic E-state index is -0.891. The number of ketones is 1. The van der Waals surface area contributed by atoms with Crippen LogP contribution in [0.1, 0.15) is 52.3 Å². The van der Waals surface area contributed by atoms with E-state index < -0.39 is 6.10 Å². The zero-order chi connectivity index (χ0) is 18.1. The average molecular weight is 344 g/mol. The summed E-state index contributed by atoms with van der Waals surface area (Å²) in [6.07, 6.45) is 2.53. The molecule has 1 amide bonds. The Hall–Kier alpha value is -2.47. The highest BCUT2D eigenvalue weighted by Gasteiger charge is 2.35. The van der Waals surface area contributed by atoms with Crippen LogP contribution in [0.3, 0.4) is 0 Å². The van der Waals surface area contributed by atoms with Crippen molar-refractivity contribution in [3.05, 3.63) is 59.2 Å². The Morgan fingerprint density at radius 1 is 1.32 bits per heavy atom. The van der Waals surface area contributed by atoms with Gasteiger partial charge >= 0.3 is 0 Å². The molecule has 1 aliphatic rings. The molecule has 0 spiro atoms. The fourth-order valence-corrected chi connectivity index (χ4v) is 2.88. The number of carbonyl (C=O) groups is 2. The summed E-state index contributed by atoms with van der Waals surface area (Å²) in [5.41, 5.74) is 1.47. The SMILES string of the molecule is CC(=O)c1cc(C(=O)N(CC(O)c2ccc(F)cc2)C2CC2)n(C)c1. The lowest BCUT2D eigenvalue weighted by atomic mass is 10.1. The number of hydrogen-bond donors (Lipinski definition) is 1. The molecule has 1 fully saturated rings. The second-order valence-corrected chi connectivity index (χ2v) is 6.54. The number of nitrogens with zero attached hydrogens (tertiary/aromatic N) is 2. The second-order valence-electron chi connectivity index (χ2n) is 6.54. The minimum absolute atomic E-state index is 0.0956. The van der Waals surface area contributed by atoms with Crippen molar-refractivity contribution in [2.45, 2.75) is 31.9 Å². The van der Waals surface area contributed by atoms with E-state index in [4.69, 9.17) is 0 Å². The van der Waals surface area contributed by atoms with Crippen molar-refractivity contribution in [1.29, 1.82) is 0 Å². The molecule has 3 rings (SSSR count). The van der Waals surface area contributed by atoms with Gasteiger partial charge in [0.1, 0.15) is 11.5 Å². The van der Waals surface area contributed by atoms with Gasteiger partial charge in [0.05, 0.1) is 12.6 Å². The summed E-state index contributed by atoms with van der Waals surface area (Å²) in [5.74, 6) is -0.677. The zero-order valence-electron chi connectivity index (χ0n) is 14.3. The molecule has 1 heterocycles. The van der Waals surface area contributed by atoms with Gasteiger partial charge in [0, 0.05) is 24.8 Å². The maximum atomic E-state index is 13.0. The Kier molecular flexibility index (Phi) is 4.72. The quantitative estimate of drug-likeness (QED) is 0.820. The Morgan fingerprint density at radius 2 is 1.96 bits per heavy atom. The van der Waals surface area contributed by atoms with E-state index in [-0.39, 0.29) is 30.1 Å². The van der Waals surface area contributed by atoms with E-state index in [9.17, 15) is 19.1 Å². The van der Waals surface area contributed by atoms with Crippen molar-refractivity contribution in [3.63, 3.8) is 0 Å². The van der Waals surface area contributed by atoms with E-state index >= 15 is 0 Å². The molecule has 0 radical (unpaired) electrons. The predicted molar refractivity (Wildman–Crippen MR) is 90.8 cm³/mol. The number of carbonyl (C=O) groups excluding carboxylic acids is 2. The number of aromatic nitrogens is 1. The number of rotatable bonds is 6. The van der Waals surface area contributed by atoms with Gasteiger partial charge in [-0.05, 0) is 43.5 Å². The number of aryl methyl sites for hydroxylation is 1. The first kappa shape index (κ1) is 17.4. The standard InChI is InChI=1S/C19H21FN2O3/c1-12(23)14-9-17(21(2)10-14)19(25)22(16-7-8-16)11-18(24)13-3-5-15(20)6-4-13/h3-6,9-10,16,18,24H,7-8,11H2,1-2H3. The highest BCUT2D eigenvalue weighted by Crippen LogP contribution is 2.30. The highest BCUT2D eigenvalue weighted by molar-refractivity contribution is 5.99. The molecule has 0 bridgehead atoms. The summed E-state index contributed by atoms with van der Waals surface area (Å²) >= 11 is 0. The Labute approximate surface area is 145 Å². The summed E-state index contributed by atoms with van der Waals surface area (Å²) in [6.45, 7) is 1.59. The van der Waals surface area contributed by atoms with Crippen molar-refractivity contribution >= 4 is 11.7 Å². The highest BCUT2D eigenvalue weighted by atomic mass is 19.1. The summed E-state index contributed by atoms with van der Waals surface area (Å²) < 4.78 is 14.7. The van der Waals surface area contributed by atoms with E-state index in [1.807, 2.05) is 0 Å². The third-order valence-electron chi connectivity index (χ3n) is 4.50. The first-order valence-corrected chi connectivity index (χ1v) is 8.28. The molecule has 1 unspecified atom stereocenters. The van der Waals surface area contributed by atoms with Crippen LogP contribution in [0.15, 0.2) is 36.5 Å². The first-order valence-electron chi connectivity index (χ1n) is 8.28. The van der Waals surface area contributed by atoms with Crippen molar-refractivity contribution in [2.75, 3.05) is 6.54 Å². The molecule has 132 valence electrons. The number of benzene rings is 1. The van der Waals surface area contributed by atoms with Gasteiger partial charge in [-0.25, -0.2) is 4.39 Å². The van der Waals surface area contributed by atoms with E-state index in [1.54, 1.807) is 28.8 Å². The number of amides is 1. The molecule has 0 aliphatic heterocycles. The van der Waals surface area contributed by atoms with Gasteiger partial charge in [-0.2, -0.15) is 0 Å². The van der Waals surface area contributed by atoms with Gasteiger partial charge in [0.2, 0.25) is 0 Å². The molecule has 1 aliphatic carbocycles. The Morgan fingerprint density at radius 3 is 2.48 bits per heavy atom. The second kappa shape index (κ2) is 6.80. The predicted octanol–water partition coefficient (Wildman–Crippen LogP) is 2.71. The van der Waals surface area contributed by atoms with Gasteiger partial charge in [0.25, 0.3) is 5.91 Å². The molecule has 1 aromatic carbocycles. The maximum absolute atomic E-state index is 13.0. The van der Waals surface area contributed by atoms with Gasteiger partial charge < -0.3 is 14.6 Å². The molecule has 6 heteroatoms. The minimum Gasteiger partial charge on any atom is -0.387 e. The monoisotopic (exact) mass is 344 g/mol. The fourth-order valence-electron chi connectivity index (χ4n) is 2.88. The lowest BCUT2D eigenvalue weighted by Gasteiger charge is -2.25. The summed E-state index contributed by atoms with van der Waals surface area (Å²) in [7, 11) is 1.72. The maximum Gasteiger partial charge on any atom is 0.270 e. The number of aliphatic hydroxyl groups excluding tert-OH is 1. The zero-order valence-corrected chi connectivity index (χ0v) is 14.3. The Bertz CT molecular complexity index is 794. The summed E-state index contributed by atoms with van der Waals surface area (Å²) in [6, 6.07) is 7.30. The molecule has 0 saturated heterocycles. The van der Waals surface area contributed by atoms with E-state index in [1.165, 1.54) is 31.2 Å². The first-order chi connectivity index (χ1) is 11.9. The van der Waals surface area contributed by atoms with Crippen LogP contribution in [0, 0.1) is 5.82 Å². The van der Waals surface area contributed by atoms with Gasteiger partial charge in [-0.1, -0.05) is 12.1 Å². The largest absolute Gasteiger partial charge is 0.387 e. The molecule has 1 N–H and O–H groups in total. The molecule has 1 saturated carbocycles. The average Bonchev–Trinajstić information content (AvgIpc) is 3.33. The number of hydrogen-bond acceptors (Lipinski definition) is 3. The van der Waals surface area contributed by atoms with Crippen molar-refractivity contribution < 1.29 is 19.1 Å². The van der Waals surface area contributed by atoms with Crippen LogP contribution in [0.4, 0.5) is 4.39 Å². The lowest BCUT2D eigenvalue weighted by molar-refractivity contribution is 0.0594. The van der Waals surface area contributed by atoms with Crippen LogP contribution < -0.4 is 0 Å². The third kappa shape index (κ3) is 3.79. The Balaban J connectivity index is 1.80. The number of halogens is 1. The molecule has 2 aromatic rings. The van der Waals surface area contributed by atoms with E-state index in [2.05, 4.69) is 0 Å². The van der Waals surface area contributed by atoms with Crippen LogP contribution in [0.25, 0.3) is 0 Å². The molecule has 25 heavy (non-hydrogen) atoms. The van der Waals surface area contributed by atoms with Gasteiger partial charge in [-0.15, -0.1) is 0 Å². The van der Waals surface area contributed by atoms with Gasteiger partial charge in [0.15, 0.2) is 5.78 Å². The molecule has 1 atom stereocenters. The van der Waals surface area contributed by atoms with Crippen LogP contribution in [-0.2, 0) is 7.05 Å². The fraction of sp³-hybridized carbons (Fsp3) is 0.368. The normalized spacial score (nSPS) is 15.0. The van der Waals surface area contributed by atoms with Crippen molar-refractivity contribution in [3.8, 4) is 0 Å². The van der Waals surface area contributed by atoms with Crippen molar-refractivity contribution in [1.82, 2.24) is 9.47 Å². The molecule has 5 nitrogen and oxygen atoms in total. The number of aliphatic hydroxyl groups is 1. The molecular formula is C19H21FN2O3. The van der Waals surface area contributed by atoms with E-state index in [0.29, 0.717) is 16.8 Å².